The zero-order valence-electron chi connectivity index (χ0n) is 9.19. The molecule has 17 heavy (non-hydrogen) atoms. The quantitative estimate of drug-likeness (QED) is 0.391. The first-order chi connectivity index (χ1) is 8.10. The van der Waals surface area contributed by atoms with E-state index in [1.807, 2.05) is 5.43 Å². The molecule has 0 bridgehead atoms. The van der Waals surface area contributed by atoms with Crippen LogP contribution in [0.2, 0.25) is 0 Å². The molecule has 0 saturated heterocycles. The first-order valence-corrected chi connectivity index (χ1v) is 4.93. The lowest BCUT2D eigenvalue weighted by atomic mass is 10.2. The summed E-state index contributed by atoms with van der Waals surface area (Å²) in [5, 5.41) is 0. The molecule has 1 heterocycles. The van der Waals surface area contributed by atoms with E-state index in [9.17, 15) is 9.59 Å². The Bertz CT molecular complexity index is 601. The molecule has 7 nitrogen and oxygen atoms in total. The van der Waals surface area contributed by atoms with Crippen LogP contribution in [0.3, 0.4) is 0 Å². The Balaban J connectivity index is 2.24. The van der Waals surface area contributed by atoms with E-state index in [4.69, 9.17) is 10.3 Å². The van der Waals surface area contributed by atoms with Gasteiger partial charge in [0.05, 0.1) is 5.52 Å². The van der Waals surface area contributed by atoms with Gasteiger partial charge in [-0.05, 0) is 17.7 Å². The van der Waals surface area contributed by atoms with Gasteiger partial charge in [0.2, 0.25) is 0 Å². The van der Waals surface area contributed by atoms with Crippen molar-refractivity contribution in [2.75, 3.05) is 7.05 Å². The molecule has 0 unspecified atom stereocenters. The minimum absolute atomic E-state index is 0.381. The van der Waals surface area contributed by atoms with E-state index in [-0.39, 0.29) is 6.03 Å². The summed E-state index contributed by atoms with van der Waals surface area (Å²) in [4.78, 5) is 26.1. The lowest BCUT2D eigenvalue weighted by molar-refractivity contribution is 0.207. The number of nitrogens with zero attached hydrogens (tertiary/aromatic N) is 1. The SMILES string of the molecule is CN(Cc1ccc2oc(=O)[nH]c2c1)C(=O)NN. The molecule has 0 aliphatic heterocycles. The molecule has 0 aliphatic rings. The largest absolute Gasteiger partial charge is 0.417 e. The van der Waals surface area contributed by atoms with Gasteiger partial charge in [-0.2, -0.15) is 0 Å². The second kappa shape index (κ2) is 4.30. The smallest absolute Gasteiger partial charge is 0.408 e. The van der Waals surface area contributed by atoms with Gasteiger partial charge in [-0.15, -0.1) is 0 Å². The number of carbonyl (C=O) groups is 1. The topological polar surface area (TPSA) is 104 Å². The molecule has 0 atom stereocenters. The summed E-state index contributed by atoms with van der Waals surface area (Å²) in [6.07, 6.45) is 0. The highest BCUT2D eigenvalue weighted by Crippen LogP contribution is 2.13. The first-order valence-electron chi connectivity index (χ1n) is 4.93. The number of benzene rings is 1. The van der Waals surface area contributed by atoms with Gasteiger partial charge in [0.15, 0.2) is 5.58 Å². The van der Waals surface area contributed by atoms with Gasteiger partial charge in [0.25, 0.3) is 0 Å². The molecule has 0 fully saturated rings. The molecule has 2 aromatic rings. The number of aromatic amines is 1. The Labute approximate surface area is 96.2 Å². The molecule has 1 aromatic heterocycles. The average molecular weight is 236 g/mol. The van der Waals surface area contributed by atoms with Crippen LogP contribution in [-0.2, 0) is 6.54 Å². The minimum atomic E-state index is -0.495. The number of carbonyl (C=O) groups excluding carboxylic acids is 1. The van der Waals surface area contributed by atoms with Crippen LogP contribution < -0.4 is 17.0 Å². The number of hydrogen-bond donors (Lipinski definition) is 3. The molecule has 7 heteroatoms. The fourth-order valence-electron chi connectivity index (χ4n) is 1.55. The highest BCUT2D eigenvalue weighted by Gasteiger charge is 2.08. The molecule has 1 aromatic carbocycles. The van der Waals surface area contributed by atoms with Gasteiger partial charge in [-0.3, -0.25) is 10.4 Å². The number of fused-ring (bicyclic) bond motifs is 1. The Morgan fingerprint density at radius 3 is 3.06 bits per heavy atom. The van der Waals surface area contributed by atoms with Crippen molar-refractivity contribution in [3.63, 3.8) is 0 Å². The molecule has 2 amide bonds. The molecule has 4 N–H and O–H groups in total. The summed E-state index contributed by atoms with van der Waals surface area (Å²) in [6, 6.07) is 4.82. The number of H-pyrrole nitrogens is 1. The fourth-order valence-corrected chi connectivity index (χ4v) is 1.55. The lowest BCUT2D eigenvalue weighted by Crippen LogP contribution is -2.40. The van der Waals surface area contributed by atoms with Gasteiger partial charge in [-0.1, -0.05) is 6.07 Å². The number of hydrogen-bond acceptors (Lipinski definition) is 4. The molecule has 0 aliphatic carbocycles. The van der Waals surface area contributed by atoms with Crippen LogP contribution in [0, 0.1) is 0 Å². The average Bonchev–Trinajstić information content (AvgIpc) is 2.67. The van der Waals surface area contributed by atoms with Crippen molar-refractivity contribution in [2.45, 2.75) is 6.54 Å². The number of aromatic nitrogens is 1. The van der Waals surface area contributed by atoms with Crippen molar-refractivity contribution >= 4 is 17.1 Å². The van der Waals surface area contributed by atoms with Gasteiger partial charge >= 0.3 is 11.8 Å². The predicted molar refractivity (Wildman–Crippen MR) is 61.0 cm³/mol. The third kappa shape index (κ3) is 2.28. The Morgan fingerprint density at radius 1 is 1.59 bits per heavy atom. The van der Waals surface area contributed by atoms with Gasteiger partial charge < -0.3 is 9.32 Å². The second-order valence-electron chi connectivity index (χ2n) is 3.65. The summed E-state index contributed by atoms with van der Waals surface area (Å²) in [5.41, 5.74) is 3.99. The van der Waals surface area contributed by atoms with Gasteiger partial charge in [0, 0.05) is 13.6 Å². The van der Waals surface area contributed by atoms with Gasteiger partial charge in [0.1, 0.15) is 0 Å². The summed E-state index contributed by atoms with van der Waals surface area (Å²) in [6.45, 7) is 0.381. The summed E-state index contributed by atoms with van der Waals surface area (Å²) in [5.74, 6) is 4.52. The Hall–Kier alpha value is -2.28. The van der Waals surface area contributed by atoms with Crippen LogP contribution in [0.25, 0.3) is 11.1 Å². The predicted octanol–water partition coefficient (Wildman–Crippen LogP) is 0.136. The highest BCUT2D eigenvalue weighted by molar-refractivity contribution is 5.74. The molecular formula is C10H12N4O3. The third-order valence-electron chi connectivity index (χ3n) is 2.37. The van der Waals surface area contributed by atoms with E-state index in [0.717, 1.165) is 5.56 Å². The summed E-state index contributed by atoms with van der Waals surface area (Å²) >= 11 is 0. The van der Waals surface area contributed by atoms with Crippen molar-refractivity contribution in [2.24, 2.45) is 5.84 Å². The van der Waals surface area contributed by atoms with E-state index in [1.54, 1.807) is 25.2 Å². The standard InChI is InChI=1S/C10H12N4O3/c1-14(9(15)13-11)5-6-2-3-8-7(4-6)12-10(16)17-8/h2-4H,5,11H2,1H3,(H,12,16)(H,13,15). The van der Waals surface area contributed by atoms with E-state index < -0.39 is 5.76 Å². The van der Waals surface area contributed by atoms with E-state index in [2.05, 4.69) is 4.98 Å². The Morgan fingerprint density at radius 2 is 2.35 bits per heavy atom. The number of urea groups is 1. The number of oxazole rings is 1. The number of nitrogens with one attached hydrogen (secondary N) is 2. The Kier molecular flexibility index (Phi) is 2.84. The zero-order chi connectivity index (χ0) is 12.4. The minimum Gasteiger partial charge on any atom is -0.408 e. The molecule has 90 valence electrons. The first kappa shape index (κ1) is 11.2. The van der Waals surface area contributed by atoms with Crippen molar-refractivity contribution in [3.05, 3.63) is 34.3 Å². The fraction of sp³-hybridized carbons (Fsp3) is 0.200. The molecular weight excluding hydrogens is 224 g/mol. The van der Waals surface area contributed by atoms with Crippen molar-refractivity contribution in [1.29, 1.82) is 0 Å². The normalized spacial score (nSPS) is 10.5. The maximum absolute atomic E-state index is 11.2. The van der Waals surface area contributed by atoms with E-state index in [1.165, 1.54) is 4.90 Å². The van der Waals surface area contributed by atoms with E-state index in [0.29, 0.717) is 17.6 Å². The second-order valence-corrected chi connectivity index (χ2v) is 3.65. The van der Waals surface area contributed by atoms with Crippen LogP contribution in [0.15, 0.2) is 27.4 Å². The number of rotatable bonds is 2. The maximum Gasteiger partial charge on any atom is 0.417 e. The lowest BCUT2D eigenvalue weighted by Gasteiger charge is -2.15. The molecule has 0 radical (unpaired) electrons. The third-order valence-corrected chi connectivity index (χ3v) is 2.37. The van der Waals surface area contributed by atoms with Crippen LogP contribution in [-0.4, -0.2) is 23.0 Å². The summed E-state index contributed by atoms with van der Waals surface area (Å²) in [7, 11) is 1.62. The zero-order valence-corrected chi connectivity index (χ0v) is 9.19. The van der Waals surface area contributed by atoms with Crippen molar-refractivity contribution < 1.29 is 9.21 Å². The molecule has 0 saturated carbocycles. The molecule has 0 spiro atoms. The van der Waals surface area contributed by atoms with Crippen molar-refractivity contribution in [1.82, 2.24) is 15.3 Å². The summed E-state index contributed by atoms with van der Waals surface area (Å²) < 4.78 is 4.87. The highest BCUT2D eigenvalue weighted by atomic mass is 16.4. The number of amides is 2. The monoisotopic (exact) mass is 236 g/mol. The van der Waals surface area contributed by atoms with Crippen molar-refractivity contribution in [3.8, 4) is 0 Å². The van der Waals surface area contributed by atoms with Crippen LogP contribution >= 0.6 is 0 Å². The van der Waals surface area contributed by atoms with Gasteiger partial charge in [-0.25, -0.2) is 15.4 Å². The number of hydrazine groups is 1. The number of nitrogens with two attached hydrogens (primary N) is 1. The van der Waals surface area contributed by atoms with Crippen LogP contribution in [0.4, 0.5) is 4.79 Å². The maximum atomic E-state index is 11.2. The van der Waals surface area contributed by atoms with Crippen LogP contribution in [0.1, 0.15) is 5.56 Å². The van der Waals surface area contributed by atoms with Crippen LogP contribution in [0.5, 0.6) is 0 Å². The van der Waals surface area contributed by atoms with E-state index >= 15 is 0 Å². The molecule has 2 rings (SSSR count).